The van der Waals surface area contributed by atoms with E-state index < -0.39 is 23.9 Å². The molecule has 0 N–H and O–H groups in total. The first-order valence-corrected chi connectivity index (χ1v) is 22.1. The quantitative estimate of drug-likeness (QED) is 0.0498. The molecule has 0 aromatic rings. The van der Waals surface area contributed by atoms with Crippen LogP contribution >= 0.6 is 0 Å². The van der Waals surface area contributed by atoms with E-state index in [0.717, 1.165) is 25.7 Å². The SMILES string of the molecule is CC(C)CC(COC(=O)CN(CCN(CC(=O)OCC(CC(C)C)C(C)C)CC(=O)OCC(CC(C)C)C(C)C)CC(=O)OCC(CC(C)C)C(C)C)C(C)C. The Kier molecular flexibility index (Phi) is 27.9. The lowest BCUT2D eigenvalue weighted by Crippen LogP contribution is -2.45. The van der Waals surface area contributed by atoms with Crippen molar-refractivity contribution in [2.75, 3.05) is 65.7 Å². The van der Waals surface area contributed by atoms with Crippen molar-refractivity contribution in [1.29, 1.82) is 0 Å². The maximum absolute atomic E-state index is 13.3. The highest BCUT2D eigenvalue weighted by Gasteiger charge is 2.26. The Bertz CT molecular complexity index is 923. The van der Waals surface area contributed by atoms with Gasteiger partial charge in [0, 0.05) is 13.1 Å². The minimum Gasteiger partial charge on any atom is -0.464 e. The van der Waals surface area contributed by atoms with Gasteiger partial charge in [-0.15, -0.1) is 0 Å². The largest absolute Gasteiger partial charge is 0.464 e. The predicted molar refractivity (Wildman–Crippen MR) is 228 cm³/mol. The molecule has 0 spiro atoms. The minimum atomic E-state index is -0.424. The smallest absolute Gasteiger partial charge is 0.320 e. The van der Waals surface area contributed by atoms with E-state index >= 15 is 0 Å². The number of ether oxygens (including phenoxy) is 4. The molecule has 4 atom stereocenters. The van der Waals surface area contributed by atoms with E-state index in [1.807, 2.05) is 0 Å². The van der Waals surface area contributed by atoms with Gasteiger partial charge < -0.3 is 18.9 Å². The lowest BCUT2D eigenvalue weighted by Gasteiger charge is -2.28. The molecule has 0 aliphatic carbocycles. The van der Waals surface area contributed by atoms with Crippen molar-refractivity contribution in [2.24, 2.45) is 71.0 Å². The molecule has 0 rings (SSSR count). The van der Waals surface area contributed by atoms with Crippen LogP contribution in [0.2, 0.25) is 0 Å². The highest BCUT2D eigenvalue weighted by atomic mass is 16.5. The summed E-state index contributed by atoms with van der Waals surface area (Å²) in [6, 6.07) is 0. The molecule has 4 unspecified atom stereocenters. The Hall–Kier alpha value is -2.20. The third kappa shape index (κ3) is 26.7. The van der Waals surface area contributed by atoms with Crippen molar-refractivity contribution in [1.82, 2.24) is 9.80 Å². The van der Waals surface area contributed by atoms with E-state index in [1.54, 1.807) is 9.80 Å². The van der Waals surface area contributed by atoms with Gasteiger partial charge in [-0.2, -0.15) is 0 Å². The van der Waals surface area contributed by atoms with E-state index in [1.165, 1.54) is 0 Å². The van der Waals surface area contributed by atoms with Gasteiger partial charge in [0.2, 0.25) is 0 Å². The van der Waals surface area contributed by atoms with Gasteiger partial charge in [0.1, 0.15) is 0 Å². The molecule has 0 heterocycles. The zero-order chi connectivity index (χ0) is 43.1. The summed E-state index contributed by atoms with van der Waals surface area (Å²) in [5.74, 6) is 2.52. The van der Waals surface area contributed by atoms with Crippen LogP contribution in [0.4, 0.5) is 0 Å². The normalized spacial score (nSPS) is 14.5. The molecule has 0 saturated carbocycles. The van der Waals surface area contributed by atoms with Crippen LogP contribution in [0.15, 0.2) is 0 Å². The van der Waals surface area contributed by atoms with Gasteiger partial charge in [0.05, 0.1) is 52.6 Å². The van der Waals surface area contributed by atoms with Gasteiger partial charge in [-0.25, -0.2) is 0 Å². The van der Waals surface area contributed by atoms with Crippen molar-refractivity contribution < 1.29 is 38.1 Å². The van der Waals surface area contributed by atoms with Crippen LogP contribution in [0.25, 0.3) is 0 Å². The number of esters is 4. The van der Waals surface area contributed by atoms with Gasteiger partial charge in [-0.3, -0.25) is 29.0 Å². The molecule has 0 aromatic carbocycles. The van der Waals surface area contributed by atoms with E-state index in [2.05, 4.69) is 111 Å². The number of carbonyl (C=O) groups excluding carboxylic acids is 4. The van der Waals surface area contributed by atoms with Crippen LogP contribution in [-0.4, -0.2) is 99.4 Å². The second-order valence-corrected chi connectivity index (χ2v) is 19.7. The summed E-state index contributed by atoms with van der Waals surface area (Å²) in [4.78, 5) is 56.6. The van der Waals surface area contributed by atoms with Gasteiger partial charge in [0.25, 0.3) is 0 Å². The van der Waals surface area contributed by atoms with Gasteiger partial charge >= 0.3 is 23.9 Å². The molecule has 0 aromatic heterocycles. The Balaban J connectivity index is 6.14. The zero-order valence-electron chi connectivity index (χ0n) is 39.0. The summed E-state index contributed by atoms with van der Waals surface area (Å²) in [6.45, 7) is 35.6. The first kappa shape index (κ1) is 53.8. The highest BCUT2D eigenvalue weighted by molar-refractivity contribution is 5.76. The predicted octanol–water partition coefficient (Wildman–Crippen LogP) is 9.04. The molecule has 0 aliphatic heterocycles. The third-order valence-electron chi connectivity index (χ3n) is 10.8. The lowest BCUT2D eigenvalue weighted by molar-refractivity contribution is -0.154. The highest BCUT2D eigenvalue weighted by Crippen LogP contribution is 2.24. The topological polar surface area (TPSA) is 112 Å². The molecule has 0 amide bonds. The van der Waals surface area contributed by atoms with Crippen LogP contribution < -0.4 is 0 Å². The molecule has 330 valence electrons. The summed E-state index contributed by atoms with van der Waals surface area (Å²) in [7, 11) is 0. The first-order valence-electron chi connectivity index (χ1n) is 22.1. The van der Waals surface area contributed by atoms with Crippen LogP contribution in [0.5, 0.6) is 0 Å². The molecule has 56 heavy (non-hydrogen) atoms. The molecule has 0 fully saturated rings. The molecular weight excluding hydrogens is 709 g/mol. The maximum atomic E-state index is 13.3. The summed E-state index contributed by atoms with van der Waals surface area (Å²) < 4.78 is 23.2. The van der Waals surface area contributed by atoms with Crippen molar-refractivity contribution in [3.63, 3.8) is 0 Å². The Morgan fingerprint density at radius 3 is 0.661 bits per heavy atom. The van der Waals surface area contributed by atoms with Gasteiger partial charge in [-0.05, 0) is 96.7 Å². The van der Waals surface area contributed by atoms with Crippen molar-refractivity contribution >= 4 is 23.9 Å². The number of rotatable bonds is 31. The molecule has 0 radical (unpaired) electrons. The third-order valence-corrected chi connectivity index (χ3v) is 10.8. The van der Waals surface area contributed by atoms with Crippen LogP contribution in [-0.2, 0) is 38.1 Å². The lowest BCUT2D eigenvalue weighted by atomic mass is 9.88. The first-order chi connectivity index (χ1) is 26.0. The molecular formula is C46H88N2O8. The maximum Gasteiger partial charge on any atom is 0.320 e. The molecule has 0 bridgehead atoms. The van der Waals surface area contributed by atoms with Crippen LogP contribution in [0.1, 0.15) is 136 Å². The van der Waals surface area contributed by atoms with Crippen LogP contribution in [0.3, 0.4) is 0 Å². The Labute approximate surface area is 344 Å². The second kappa shape index (κ2) is 29.1. The second-order valence-electron chi connectivity index (χ2n) is 19.7. The Morgan fingerprint density at radius 1 is 0.339 bits per heavy atom. The summed E-state index contributed by atoms with van der Waals surface area (Å²) in [6.07, 6.45) is 3.78. The van der Waals surface area contributed by atoms with E-state index in [4.69, 9.17) is 18.9 Å². The van der Waals surface area contributed by atoms with Crippen LogP contribution in [0, 0.1) is 71.0 Å². The number of hydrogen-bond acceptors (Lipinski definition) is 10. The monoisotopic (exact) mass is 797 g/mol. The van der Waals surface area contributed by atoms with Gasteiger partial charge in [-0.1, -0.05) is 111 Å². The summed E-state index contributed by atoms with van der Waals surface area (Å²) in [5.41, 5.74) is 0. The fourth-order valence-electron chi connectivity index (χ4n) is 6.98. The molecule has 10 nitrogen and oxygen atoms in total. The number of carbonyl (C=O) groups is 4. The summed E-state index contributed by atoms with van der Waals surface area (Å²) >= 11 is 0. The molecule has 0 saturated heterocycles. The fourth-order valence-corrected chi connectivity index (χ4v) is 6.98. The standard InChI is InChI=1S/C46H88N2O8/c1-31(2)19-39(35(9)10)27-53-43(49)23-47(24-44(50)54-28-40(36(11)12)20-32(3)4)17-18-48(25-45(51)55-29-41(37(13)14)21-33(5)6)26-46(52)56-30-42(38(15)16)22-34(7)8/h31-42H,17-30H2,1-16H3. The average Bonchev–Trinajstić information content (AvgIpc) is 3.06. The van der Waals surface area contributed by atoms with Crippen molar-refractivity contribution in [2.45, 2.75) is 136 Å². The van der Waals surface area contributed by atoms with Gasteiger partial charge in [0.15, 0.2) is 0 Å². The molecule has 10 heteroatoms. The molecule has 0 aliphatic rings. The van der Waals surface area contributed by atoms with Crippen molar-refractivity contribution in [3.05, 3.63) is 0 Å². The van der Waals surface area contributed by atoms with E-state index in [-0.39, 0.29) is 62.9 Å². The zero-order valence-corrected chi connectivity index (χ0v) is 39.0. The number of hydrogen-bond donors (Lipinski definition) is 0. The minimum absolute atomic E-state index is 0.125. The number of nitrogens with zero attached hydrogens (tertiary/aromatic N) is 2. The van der Waals surface area contributed by atoms with E-state index in [0.29, 0.717) is 73.8 Å². The van der Waals surface area contributed by atoms with E-state index in [9.17, 15) is 19.2 Å². The van der Waals surface area contributed by atoms with Crippen molar-refractivity contribution in [3.8, 4) is 0 Å². The average molecular weight is 797 g/mol. The Morgan fingerprint density at radius 2 is 0.518 bits per heavy atom. The summed E-state index contributed by atoms with van der Waals surface area (Å²) in [5, 5.41) is 0. The fraction of sp³-hybridized carbons (Fsp3) is 0.913.